The Morgan fingerprint density at radius 2 is 1.81 bits per heavy atom. The second kappa shape index (κ2) is 7.21. The van der Waals surface area contributed by atoms with E-state index in [1.165, 1.54) is 12.1 Å². The van der Waals surface area contributed by atoms with Gasteiger partial charge in [-0.25, -0.2) is 14.4 Å². The Balaban J connectivity index is 1.59. The summed E-state index contributed by atoms with van der Waals surface area (Å²) >= 11 is 0. The molecule has 4 rings (SSSR count). The predicted octanol–water partition coefficient (Wildman–Crippen LogP) is 4.81. The fourth-order valence-corrected chi connectivity index (χ4v) is 2.61. The number of amides is 1. The highest BCUT2D eigenvalue weighted by molar-refractivity contribution is 6.04. The van der Waals surface area contributed by atoms with E-state index in [-0.39, 0.29) is 5.69 Å². The van der Waals surface area contributed by atoms with Crippen molar-refractivity contribution in [3.05, 3.63) is 90.6 Å². The highest BCUT2D eigenvalue weighted by atomic mass is 19.1. The molecule has 0 saturated carbocycles. The van der Waals surface area contributed by atoms with Gasteiger partial charge in [-0.05, 0) is 53.9 Å². The number of nitrogens with one attached hydrogen (secondary N) is 1. The summed E-state index contributed by atoms with van der Waals surface area (Å²) in [6.07, 6.45) is 2.65. The van der Waals surface area contributed by atoms with Gasteiger partial charge in [0, 0.05) is 17.3 Å². The number of para-hydroxylation sites is 1. The number of hydrogen-bond donors (Lipinski definition) is 1. The third-order valence-electron chi connectivity index (χ3n) is 3.90. The maximum Gasteiger partial charge on any atom is 0.274 e. The SMILES string of the molecule is O=C(Nc1ccc2c(Oc3ccccc3)nccc2c1)c1ccc(F)cn1. The zero-order valence-electron chi connectivity index (χ0n) is 14.1. The van der Waals surface area contributed by atoms with Crippen LogP contribution in [0.4, 0.5) is 10.1 Å². The fourth-order valence-electron chi connectivity index (χ4n) is 2.61. The molecule has 0 atom stereocenters. The van der Waals surface area contributed by atoms with Crippen molar-refractivity contribution in [3.63, 3.8) is 0 Å². The molecule has 27 heavy (non-hydrogen) atoms. The van der Waals surface area contributed by atoms with Crippen molar-refractivity contribution in [1.29, 1.82) is 0 Å². The molecule has 2 heterocycles. The summed E-state index contributed by atoms with van der Waals surface area (Å²) in [4.78, 5) is 20.3. The topological polar surface area (TPSA) is 64.1 Å². The minimum atomic E-state index is -0.490. The number of fused-ring (bicyclic) bond motifs is 1. The monoisotopic (exact) mass is 359 g/mol. The molecule has 0 bridgehead atoms. The van der Waals surface area contributed by atoms with Gasteiger partial charge in [-0.1, -0.05) is 18.2 Å². The van der Waals surface area contributed by atoms with Crippen LogP contribution in [-0.4, -0.2) is 15.9 Å². The van der Waals surface area contributed by atoms with Crippen LogP contribution in [0.3, 0.4) is 0 Å². The normalized spacial score (nSPS) is 10.6. The molecule has 1 N–H and O–H groups in total. The van der Waals surface area contributed by atoms with Crippen LogP contribution in [0.25, 0.3) is 10.8 Å². The van der Waals surface area contributed by atoms with Crippen LogP contribution in [0.1, 0.15) is 10.5 Å². The number of benzene rings is 2. The zero-order valence-corrected chi connectivity index (χ0v) is 14.1. The van der Waals surface area contributed by atoms with Crippen LogP contribution >= 0.6 is 0 Å². The van der Waals surface area contributed by atoms with Gasteiger partial charge in [-0.2, -0.15) is 0 Å². The molecule has 0 aliphatic rings. The number of pyridine rings is 2. The number of aromatic nitrogens is 2. The molecule has 4 aromatic rings. The first-order valence-electron chi connectivity index (χ1n) is 8.24. The lowest BCUT2D eigenvalue weighted by atomic mass is 10.1. The molecule has 0 spiro atoms. The Hall–Kier alpha value is -3.80. The number of carbonyl (C=O) groups excluding carboxylic acids is 1. The molecule has 0 aliphatic carbocycles. The van der Waals surface area contributed by atoms with Crippen molar-refractivity contribution in [3.8, 4) is 11.6 Å². The standard InChI is InChI=1S/C21H14FN3O2/c22-15-6-9-19(24-13-15)20(26)25-16-7-8-18-14(12-16)10-11-23-21(18)27-17-4-2-1-3-5-17/h1-13H,(H,25,26). The van der Waals surface area contributed by atoms with E-state index >= 15 is 0 Å². The first-order valence-corrected chi connectivity index (χ1v) is 8.24. The second-order valence-electron chi connectivity index (χ2n) is 5.78. The highest BCUT2D eigenvalue weighted by Gasteiger charge is 2.10. The van der Waals surface area contributed by atoms with Crippen LogP contribution in [-0.2, 0) is 0 Å². The minimum Gasteiger partial charge on any atom is -0.438 e. The average molecular weight is 359 g/mol. The number of hydrogen-bond acceptors (Lipinski definition) is 4. The van der Waals surface area contributed by atoms with Crippen LogP contribution in [0, 0.1) is 5.82 Å². The van der Waals surface area contributed by atoms with Gasteiger partial charge in [0.05, 0.1) is 6.20 Å². The largest absolute Gasteiger partial charge is 0.438 e. The van der Waals surface area contributed by atoms with Gasteiger partial charge in [-0.3, -0.25) is 4.79 Å². The lowest BCUT2D eigenvalue weighted by molar-refractivity contribution is 0.102. The summed E-state index contributed by atoms with van der Waals surface area (Å²) in [5, 5.41) is 4.43. The molecule has 0 aliphatic heterocycles. The molecular weight excluding hydrogens is 345 g/mol. The maximum atomic E-state index is 12.9. The van der Waals surface area contributed by atoms with E-state index in [1.807, 2.05) is 48.5 Å². The first kappa shape index (κ1) is 16.7. The number of nitrogens with zero attached hydrogens (tertiary/aromatic N) is 2. The molecule has 0 saturated heterocycles. The summed E-state index contributed by atoms with van der Waals surface area (Å²) in [6, 6.07) is 19.1. The molecule has 0 fully saturated rings. The Kier molecular flexibility index (Phi) is 4.45. The van der Waals surface area contributed by atoms with Gasteiger partial charge in [0.15, 0.2) is 0 Å². The van der Waals surface area contributed by atoms with Crippen molar-refractivity contribution in [1.82, 2.24) is 9.97 Å². The fraction of sp³-hybridized carbons (Fsp3) is 0. The highest BCUT2D eigenvalue weighted by Crippen LogP contribution is 2.29. The number of anilines is 1. The van der Waals surface area contributed by atoms with Crippen LogP contribution in [0.2, 0.25) is 0 Å². The summed E-state index contributed by atoms with van der Waals surface area (Å²) in [5.41, 5.74) is 0.731. The molecular formula is C21H14FN3O2. The van der Waals surface area contributed by atoms with Crippen molar-refractivity contribution in [2.24, 2.45) is 0 Å². The minimum absolute atomic E-state index is 0.138. The molecule has 2 aromatic carbocycles. The summed E-state index contributed by atoms with van der Waals surface area (Å²) in [6.45, 7) is 0. The number of carbonyl (C=O) groups is 1. The Bertz CT molecular complexity index is 1100. The van der Waals surface area contributed by atoms with Gasteiger partial charge in [0.25, 0.3) is 5.91 Å². The molecule has 0 unspecified atom stereocenters. The third-order valence-corrected chi connectivity index (χ3v) is 3.90. The first-order chi connectivity index (χ1) is 13.2. The van der Waals surface area contributed by atoms with Crippen LogP contribution in [0.15, 0.2) is 79.1 Å². The van der Waals surface area contributed by atoms with Gasteiger partial charge in [0.2, 0.25) is 5.88 Å². The van der Waals surface area contributed by atoms with Crippen LogP contribution in [0.5, 0.6) is 11.6 Å². The Labute approximate surface area is 154 Å². The van der Waals surface area contributed by atoms with Crippen molar-refractivity contribution in [2.75, 3.05) is 5.32 Å². The Morgan fingerprint density at radius 3 is 2.59 bits per heavy atom. The van der Waals surface area contributed by atoms with Gasteiger partial charge in [0.1, 0.15) is 17.3 Å². The molecule has 2 aromatic heterocycles. The van der Waals surface area contributed by atoms with E-state index < -0.39 is 11.7 Å². The summed E-state index contributed by atoms with van der Waals surface area (Å²) < 4.78 is 18.8. The lowest BCUT2D eigenvalue weighted by Gasteiger charge is -2.10. The lowest BCUT2D eigenvalue weighted by Crippen LogP contribution is -2.13. The molecule has 5 nitrogen and oxygen atoms in total. The van der Waals surface area contributed by atoms with Crippen LogP contribution < -0.4 is 10.1 Å². The number of halogens is 1. The molecule has 132 valence electrons. The number of ether oxygens (including phenoxy) is 1. The predicted molar refractivity (Wildman–Crippen MR) is 100 cm³/mol. The third kappa shape index (κ3) is 3.74. The van der Waals surface area contributed by atoms with E-state index in [1.54, 1.807) is 12.3 Å². The summed E-state index contributed by atoms with van der Waals surface area (Å²) in [7, 11) is 0. The summed E-state index contributed by atoms with van der Waals surface area (Å²) in [5.74, 6) is 0.272. The van der Waals surface area contributed by atoms with Gasteiger partial charge < -0.3 is 10.1 Å². The second-order valence-corrected chi connectivity index (χ2v) is 5.78. The maximum absolute atomic E-state index is 12.9. The molecule has 6 heteroatoms. The van der Waals surface area contributed by atoms with E-state index in [4.69, 9.17) is 4.74 Å². The molecule has 1 amide bonds. The average Bonchev–Trinajstić information content (AvgIpc) is 2.69. The van der Waals surface area contributed by atoms with Crippen molar-refractivity contribution in [2.45, 2.75) is 0 Å². The van der Waals surface area contributed by atoms with E-state index in [9.17, 15) is 9.18 Å². The van der Waals surface area contributed by atoms with Gasteiger partial charge in [-0.15, -0.1) is 0 Å². The van der Waals surface area contributed by atoms with E-state index in [0.717, 1.165) is 17.0 Å². The quantitative estimate of drug-likeness (QED) is 0.568. The zero-order chi connectivity index (χ0) is 18.6. The Morgan fingerprint density at radius 1 is 0.963 bits per heavy atom. The number of rotatable bonds is 4. The van der Waals surface area contributed by atoms with Crippen molar-refractivity contribution >= 4 is 22.4 Å². The molecule has 0 radical (unpaired) electrons. The smallest absolute Gasteiger partial charge is 0.274 e. The van der Waals surface area contributed by atoms with Crippen molar-refractivity contribution < 1.29 is 13.9 Å². The van der Waals surface area contributed by atoms with Gasteiger partial charge >= 0.3 is 0 Å². The van der Waals surface area contributed by atoms with E-state index in [2.05, 4.69) is 15.3 Å². The van der Waals surface area contributed by atoms with E-state index in [0.29, 0.717) is 17.3 Å².